The first-order valence-electron chi connectivity index (χ1n) is 3.32. The number of anilines is 2. The molecular formula is C7H9N5. The third kappa shape index (κ3) is 2.37. The Kier molecular flexibility index (Phi) is 2.78. The molecule has 0 heterocycles. The molecule has 12 heavy (non-hydrogen) atoms. The van der Waals surface area contributed by atoms with Crippen molar-refractivity contribution in [1.82, 2.24) is 0 Å². The molecule has 0 radical (unpaired) electrons. The van der Waals surface area contributed by atoms with Gasteiger partial charge < -0.3 is 5.73 Å². The number of rotatable bonds is 3. The summed E-state index contributed by atoms with van der Waals surface area (Å²) in [7, 11) is 0. The van der Waals surface area contributed by atoms with E-state index in [0.29, 0.717) is 5.69 Å². The number of nitrogen functional groups attached to an aromatic ring is 1. The second-order valence-electron chi connectivity index (χ2n) is 2.11. The summed E-state index contributed by atoms with van der Waals surface area (Å²) in [6, 6.07) is 7.15. The molecule has 1 rings (SSSR count). The lowest BCUT2D eigenvalue weighted by molar-refractivity contribution is 1.19. The van der Waals surface area contributed by atoms with Gasteiger partial charge in [0.1, 0.15) is 0 Å². The molecule has 0 bridgehead atoms. The minimum atomic E-state index is 0.665. The Morgan fingerprint density at radius 2 is 2.33 bits per heavy atom. The van der Waals surface area contributed by atoms with E-state index >= 15 is 0 Å². The molecule has 4 N–H and O–H groups in total. The van der Waals surface area contributed by atoms with Crippen LogP contribution in [0, 0.1) is 5.53 Å². The highest BCUT2D eigenvalue weighted by molar-refractivity contribution is 5.58. The highest BCUT2D eigenvalue weighted by atomic mass is 15.3. The number of hydrogen-bond acceptors (Lipinski definition) is 4. The molecule has 1 aromatic rings. The second-order valence-corrected chi connectivity index (χ2v) is 2.11. The molecule has 62 valence electrons. The first-order chi connectivity index (χ1) is 5.83. The summed E-state index contributed by atoms with van der Waals surface area (Å²) in [6.45, 7) is 0. The lowest BCUT2D eigenvalue weighted by Crippen LogP contribution is -1.90. The van der Waals surface area contributed by atoms with E-state index in [9.17, 15) is 0 Å². The van der Waals surface area contributed by atoms with Crippen LogP contribution in [-0.4, -0.2) is 6.34 Å². The van der Waals surface area contributed by atoms with Gasteiger partial charge in [0.15, 0.2) is 6.34 Å². The van der Waals surface area contributed by atoms with Crippen LogP contribution in [0.2, 0.25) is 0 Å². The Bertz CT molecular complexity index is 294. The smallest absolute Gasteiger partial charge is 0.157 e. The van der Waals surface area contributed by atoms with Gasteiger partial charge in [0.25, 0.3) is 0 Å². The molecule has 0 saturated heterocycles. The molecule has 0 amide bonds. The van der Waals surface area contributed by atoms with Crippen molar-refractivity contribution in [3.05, 3.63) is 24.3 Å². The van der Waals surface area contributed by atoms with Crippen LogP contribution in [0.1, 0.15) is 0 Å². The van der Waals surface area contributed by atoms with Crippen LogP contribution in [0.15, 0.2) is 34.5 Å². The first kappa shape index (κ1) is 8.19. The van der Waals surface area contributed by atoms with Crippen molar-refractivity contribution in [3.63, 3.8) is 0 Å². The number of nitrogens with zero attached hydrogens (tertiary/aromatic N) is 2. The van der Waals surface area contributed by atoms with Crippen LogP contribution in [0.5, 0.6) is 0 Å². The molecular weight excluding hydrogens is 154 g/mol. The molecule has 0 aliphatic rings. The van der Waals surface area contributed by atoms with Crippen LogP contribution in [0.25, 0.3) is 0 Å². The third-order valence-electron chi connectivity index (χ3n) is 1.20. The molecule has 0 spiro atoms. The van der Waals surface area contributed by atoms with Gasteiger partial charge in [0.05, 0.1) is 5.69 Å². The predicted molar refractivity (Wildman–Crippen MR) is 48.1 cm³/mol. The van der Waals surface area contributed by atoms with Crippen molar-refractivity contribution < 1.29 is 0 Å². The SMILES string of the molecule is N=NC=NNc1cccc(N)c1. The predicted octanol–water partition coefficient (Wildman–Crippen LogP) is 1.65. The number of nitrogens with one attached hydrogen (secondary N) is 2. The van der Waals surface area contributed by atoms with E-state index in [2.05, 4.69) is 15.6 Å². The van der Waals surface area contributed by atoms with E-state index < -0.39 is 0 Å². The van der Waals surface area contributed by atoms with Crippen LogP contribution in [0.3, 0.4) is 0 Å². The maximum Gasteiger partial charge on any atom is 0.157 e. The van der Waals surface area contributed by atoms with E-state index in [0.717, 1.165) is 12.0 Å². The number of hydrogen-bond donors (Lipinski definition) is 3. The Balaban J connectivity index is 2.63. The third-order valence-corrected chi connectivity index (χ3v) is 1.20. The van der Waals surface area contributed by atoms with E-state index in [-0.39, 0.29) is 0 Å². The zero-order chi connectivity index (χ0) is 8.81. The maximum absolute atomic E-state index is 6.42. The van der Waals surface area contributed by atoms with Gasteiger partial charge in [0, 0.05) is 5.69 Å². The van der Waals surface area contributed by atoms with Gasteiger partial charge in [-0.2, -0.15) is 5.10 Å². The summed E-state index contributed by atoms with van der Waals surface area (Å²) >= 11 is 0. The lowest BCUT2D eigenvalue weighted by atomic mass is 10.3. The Morgan fingerprint density at radius 1 is 1.50 bits per heavy atom. The van der Waals surface area contributed by atoms with Crippen LogP contribution >= 0.6 is 0 Å². The molecule has 0 atom stereocenters. The maximum atomic E-state index is 6.42. The van der Waals surface area contributed by atoms with Gasteiger partial charge in [-0.1, -0.05) is 6.07 Å². The molecule has 0 aromatic heterocycles. The molecule has 0 aliphatic carbocycles. The summed E-state index contributed by atoms with van der Waals surface area (Å²) in [5, 5.41) is 6.55. The largest absolute Gasteiger partial charge is 0.399 e. The van der Waals surface area contributed by atoms with E-state index in [4.69, 9.17) is 11.3 Å². The van der Waals surface area contributed by atoms with Gasteiger partial charge in [-0.3, -0.25) is 5.43 Å². The highest BCUT2D eigenvalue weighted by Crippen LogP contribution is 2.10. The van der Waals surface area contributed by atoms with E-state index in [1.165, 1.54) is 0 Å². The fraction of sp³-hybridized carbons (Fsp3) is 0. The fourth-order valence-corrected chi connectivity index (χ4v) is 0.740. The van der Waals surface area contributed by atoms with Gasteiger partial charge >= 0.3 is 0 Å². The summed E-state index contributed by atoms with van der Waals surface area (Å²) < 4.78 is 0. The van der Waals surface area contributed by atoms with Crippen molar-refractivity contribution >= 4 is 17.7 Å². The monoisotopic (exact) mass is 163 g/mol. The molecule has 0 saturated carbocycles. The summed E-state index contributed by atoms with van der Waals surface area (Å²) in [5.41, 5.74) is 16.0. The zero-order valence-corrected chi connectivity index (χ0v) is 6.36. The van der Waals surface area contributed by atoms with Gasteiger partial charge in [0.2, 0.25) is 0 Å². The van der Waals surface area contributed by atoms with Crippen LogP contribution in [0.4, 0.5) is 11.4 Å². The van der Waals surface area contributed by atoms with Crippen LogP contribution in [-0.2, 0) is 0 Å². The van der Waals surface area contributed by atoms with Crippen molar-refractivity contribution in [2.45, 2.75) is 0 Å². The zero-order valence-electron chi connectivity index (χ0n) is 6.36. The second kappa shape index (κ2) is 4.07. The van der Waals surface area contributed by atoms with Gasteiger partial charge in [-0.05, 0) is 18.2 Å². The fourth-order valence-electron chi connectivity index (χ4n) is 0.740. The van der Waals surface area contributed by atoms with E-state index in [1.807, 2.05) is 12.1 Å². The molecule has 5 nitrogen and oxygen atoms in total. The first-order valence-corrected chi connectivity index (χ1v) is 3.32. The highest BCUT2D eigenvalue weighted by Gasteiger charge is 1.87. The van der Waals surface area contributed by atoms with Crippen molar-refractivity contribution in [2.24, 2.45) is 10.2 Å². The van der Waals surface area contributed by atoms with Crippen molar-refractivity contribution in [2.75, 3.05) is 11.2 Å². The normalized spacial score (nSPS) is 10.0. The minimum Gasteiger partial charge on any atom is -0.399 e. The van der Waals surface area contributed by atoms with Crippen molar-refractivity contribution in [3.8, 4) is 0 Å². The quantitative estimate of drug-likeness (QED) is 0.208. The van der Waals surface area contributed by atoms with E-state index in [1.54, 1.807) is 12.1 Å². The Morgan fingerprint density at radius 3 is 3.00 bits per heavy atom. The average Bonchev–Trinajstić information content (AvgIpc) is 2.05. The molecule has 0 fully saturated rings. The minimum absolute atomic E-state index is 0.665. The Labute approximate surface area is 69.8 Å². The summed E-state index contributed by atoms with van der Waals surface area (Å²) in [4.78, 5) is 0. The molecule has 0 aliphatic heterocycles. The number of hydrazone groups is 1. The molecule has 5 heteroatoms. The standard InChI is InChI=1S/C7H9N5/c8-6-2-1-3-7(4-6)12-11-5-10-9/h1-5,9,12H,8H2. The summed E-state index contributed by atoms with van der Waals surface area (Å²) in [5.74, 6) is 0. The van der Waals surface area contributed by atoms with Gasteiger partial charge in [-0.25, -0.2) is 5.53 Å². The number of benzene rings is 1. The van der Waals surface area contributed by atoms with Crippen LogP contribution < -0.4 is 11.2 Å². The molecule has 1 aromatic carbocycles. The topological polar surface area (TPSA) is 86.6 Å². The van der Waals surface area contributed by atoms with Crippen molar-refractivity contribution in [1.29, 1.82) is 5.53 Å². The lowest BCUT2D eigenvalue weighted by Gasteiger charge is -1.98. The number of nitrogens with two attached hydrogens (primary N) is 1. The summed E-state index contributed by atoms with van der Waals surface area (Å²) in [6.07, 6.45) is 1.10. The average molecular weight is 163 g/mol. The molecule has 0 unspecified atom stereocenters. The Hall–Kier alpha value is -1.91. The van der Waals surface area contributed by atoms with Gasteiger partial charge in [-0.15, -0.1) is 5.11 Å².